The van der Waals surface area contributed by atoms with Gasteiger partial charge in [0.1, 0.15) is 5.76 Å². The standard InChI is InChI=1S/C25H27N3O2S/c1-17-6-7-19(16-18(17)2)22-12-13-23(30-22)24(29)27-25(31)26-20-8-10-21(11-9-20)28-14-4-3-5-15-28/h6-13,16H,3-5,14-15H2,1-2H3,(H2,26,27,29,31). The molecule has 160 valence electrons. The molecule has 1 aliphatic rings. The van der Waals surface area contributed by atoms with Gasteiger partial charge in [-0.2, -0.15) is 0 Å². The minimum absolute atomic E-state index is 0.220. The van der Waals surface area contributed by atoms with E-state index in [0.29, 0.717) is 5.76 Å². The van der Waals surface area contributed by atoms with E-state index in [2.05, 4.69) is 47.6 Å². The normalized spacial score (nSPS) is 13.7. The molecule has 1 fully saturated rings. The van der Waals surface area contributed by atoms with Gasteiger partial charge < -0.3 is 14.6 Å². The molecule has 1 amide bonds. The number of rotatable bonds is 4. The van der Waals surface area contributed by atoms with E-state index < -0.39 is 0 Å². The number of hydrogen-bond acceptors (Lipinski definition) is 4. The average molecular weight is 434 g/mol. The number of benzene rings is 2. The van der Waals surface area contributed by atoms with Crippen molar-refractivity contribution in [2.45, 2.75) is 33.1 Å². The molecule has 0 saturated carbocycles. The molecule has 6 heteroatoms. The highest BCUT2D eigenvalue weighted by molar-refractivity contribution is 7.80. The van der Waals surface area contributed by atoms with Crippen molar-refractivity contribution in [1.29, 1.82) is 0 Å². The van der Waals surface area contributed by atoms with E-state index in [1.165, 1.54) is 36.1 Å². The average Bonchev–Trinajstić information content (AvgIpc) is 3.27. The Balaban J connectivity index is 1.35. The number of furan rings is 1. The molecular formula is C25H27N3O2S. The molecule has 2 heterocycles. The lowest BCUT2D eigenvalue weighted by molar-refractivity contribution is 0.0951. The van der Waals surface area contributed by atoms with Gasteiger partial charge in [0.05, 0.1) is 0 Å². The van der Waals surface area contributed by atoms with Crippen LogP contribution in [-0.4, -0.2) is 24.1 Å². The molecule has 0 bridgehead atoms. The third kappa shape index (κ3) is 5.14. The number of thiocarbonyl (C=S) groups is 1. The lowest BCUT2D eigenvalue weighted by atomic mass is 10.1. The first kappa shape index (κ1) is 21.1. The first-order valence-corrected chi connectivity index (χ1v) is 11.1. The number of aryl methyl sites for hydroxylation is 2. The van der Waals surface area contributed by atoms with E-state index in [-0.39, 0.29) is 16.8 Å². The maximum Gasteiger partial charge on any atom is 0.293 e. The van der Waals surface area contributed by atoms with Gasteiger partial charge in [-0.05, 0) is 98.9 Å². The summed E-state index contributed by atoms with van der Waals surface area (Å²) in [6.45, 7) is 6.33. The number of piperidine rings is 1. The Morgan fingerprint density at radius 2 is 1.68 bits per heavy atom. The van der Waals surface area contributed by atoms with Crippen LogP contribution < -0.4 is 15.5 Å². The lowest BCUT2D eigenvalue weighted by Crippen LogP contribution is -2.34. The van der Waals surface area contributed by atoms with Gasteiger partial charge in [-0.3, -0.25) is 10.1 Å². The quantitative estimate of drug-likeness (QED) is 0.519. The molecule has 2 aromatic carbocycles. The summed E-state index contributed by atoms with van der Waals surface area (Å²) in [5, 5.41) is 5.99. The van der Waals surface area contributed by atoms with E-state index >= 15 is 0 Å². The smallest absolute Gasteiger partial charge is 0.293 e. The Kier molecular flexibility index (Phi) is 6.37. The van der Waals surface area contributed by atoms with Crippen LogP contribution in [0.15, 0.2) is 59.0 Å². The summed E-state index contributed by atoms with van der Waals surface area (Å²) in [6, 6.07) is 17.7. The van der Waals surface area contributed by atoms with Gasteiger partial charge in [0, 0.05) is 30.0 Å². The minimum atomic E-state index is -0.377. The van der Waals surface area contributed by atoms with Crippen LogP contribution in [-0.2, 0) is 0 Å². The fourth-order valence-electron chi connectivity index (χ4n) is 3.74. The lowest BCUT2D eigenvalue weighted by Gasteiger charge is -2.28. The predicted molar refractivity (Wildman–Crippen MR) is 130 cm³/mol. The van der Waals surface area contributed by atoms with Crippen molar-refractivity contribution in [3.8, 4) is 11.3 Å². The summed E-state index contributed by atoms with van der Waals surface area (Å²) >= 11 is 5.31. The third-order valence-corrected chi connectivity index (χ3v) is 5.90. The van der Waals surface area contributed by atoms with Crippen molar-refractivity contribution in [2.24, 2.45) is 0 Å². The van der Waals surface area contributed by atoms with E-state index in [0.717, 1.165) is 24.3 Å². The fourth-order valence-corrected chi connectivity index (χ4v) is 3.96. The summed E-state index contributed by atoms with van der Waals surface area (Å²) in [5.41, 5.74) is 5.39. The van der Waals surface area contributed by atoms with E-state index in [9.17, 15) is 4.79 Å². The van der Waals surface area contributed by atoms with Gasteiger partial charge in [-0.15, -0.1) is 0 Å². The fraction of sp³-hybridized carbons (Fsp3) is 0.280. The van der Waals surface area contributed by atoms with Crippen LogP contribution in [0.3, 0.4) is 0 Å². The van der Waals surface area contributed by atoms with E-state index in [1.54, 1.807) is 12.1 Å². The Labute approximate surface area is 188 Å². The largest absolute Gasteiger partial charge is 0.451 e. The summed E-state index contributed by atoms with van der Waals surface area (Å²) < 4.78 is 5.76. The summed E-state index contributed by atoms with van der Waals surface area (Å²) in [7, 11) is 0. The summed E-state index contributed by atoms with van der Waals surface area (Å²) in [4.78, 5) is 14.9. The second-order valence-corrected chi connectivity index (χ2v) is 8.37. The molecule has 1 aliphatic heterocycles. The molecule has 0 spiro atoms. The molecule has 1 saturated heterocycles. The zero-order valence-electron chi connectivity index (χ0n) is 17.9. The zero-order chi connectivity index (χ0) is 21.8. The van der Waals surface area contributed by atoms with Crippen molar-refractivity contribution in [3.05, 3.63) is 71.5 Å². The van der Waals surface area contributed by atoms with Crippen LogP contribution in [0.25, 0.3) is 11.3 Å². The molecule has 0 unspecified atom stereocenters. The van der Waals surface area contributed by atoms with Crippen LogP contribution in [0, 0.1) is 13.8 Å². The second-order valence-electron chi connectivity index (χ2n) is 7.97. The van der Waals surface area contributed by atoms with E-state index in [4.69, 9.17) is 16.6 Å². The first-order valence-electron chi connectivity index (χ1n) is 10.6. The van der Waals surface area contributed by atoms with Gasteiger partial charge >= 0.3 is 0 Å². The van der Waals surface area contributed by atoms with Crippen molar-refractivity contribution < 1.29 is 9.21 Å². The summed E-state index contributed by atoms with van der Waals surface area (Å²) in [6.07, 6.45) is 3.80. The molecule has 2 N–H and O–H groups in total. The van der Waals surface area contributed by atoms with Crippen LogP contribution >= 0.6 is 12.2 Å². The highest BCUT2D eigenvalue weighted by atomic mass is 32.1. The predicted octanol–water partition coefficient (Wildman–Crippen LogP) is 5.68. The topological polar surface area (TPSA) is 57.5 Å². The maximum atomic E-state index is 12.5. The molecule has 1 aromatic heterocycles. The van der Waals surface area contributed by atoms with Crippen LogP contribution in [0.5, 0.6) is 0 Å². The molecule has 0 aliphatic carbocycles. The molecule has 3 aromatic rings. The van der Waals surface area contributed by atoms with Gasteiger partial charge in [0.2, 0.25) is 0 Å². The zero-order valence-corrected chi connectivity index (χ0v) is 18.7. The Bertz CT molecular complexity index is 1080. The van der Waals surface area contributed by atoms with Crippen molar-refractivity contribution >= 4 is 34.6 Å². The van der Waals surface area contributed by atoms with Crippen LogP contribution in [0.2, 0.25) is 0 Å². The molecular weight excluding hydrogens is 406 g/mol. The van der Waals surface area contributed by atoms with Gasteiger partial charge in [0.15, 0.2) is 10.9 Å². The molecule has 0 radical (unpaired) electrons. The maximum absolute atomic E-state index is 12.5. The molecule has 4 rings (SSSR count). The Morgan fingerprint density at radius 3 is 2.39 bits per heavy atom. The third-order valence-electron chi connectivity index (χ3n) is 5.69. The van der Waals surface area contributed by atoms with Gasteiger partial charge in [-0.25, -0.2) is 0 Å². The number of carbonyl (C=O) groups excluding carboxylic acids is 1. The van der Waals surface area contributed by atoms with Crippen molar-refractivity contribution in [1.82, 2.24) is 5.32 Å². The first-order chi connectivity index (χ1) is 15.0. The van der Waals surface area contributed by atoms with E-state index in [1.807, 2.05) is 24.3 Å². The number of nitrogens with one attached hydrogen (secondary N) is 2. The summed E-state index contributed by atoms with van der Waals surface area (Å²) in [5.74, 6) is 0.496. The number of anilines is 2. The van der Waals surface area contributed by atoms with Gasteiger partial charge in [0.25, 0.3) is 5.91 Å². The number of nitrogens with zero attached hydrogens (tertiary/aromatic N) is 1. The number of carbonyl (C=O) groups is 1. The minimum Gasteiger partial charge on any atom is -0.451 e. The Hall–Kier alpha value is -3.12. The van der Waals surface area contributed by atoms with Gasteiger partial charge in [-0.1, -0.05) is 12.1 Å². The van der Waals surface area contributed by atoms with Crippen LogP contribution in [0.1, 0.15) is 40.9 Å². The molecule has 5 nitrogen and oxygen atoms in total. The number of hydrogen-bond donors (Lipinski definition) is 2. The SMILES string of the molecule is Cc1ccc(-c2ccc(C(=O)NC(=S)Nc3ccc(N4CCCCC4)cc3)o2)cc1C. The van der Waals surface area contributed by atoms with Crippen molar-refractivity contribution in [2.75, 3.05) is 23.3 Å². The monoisotopic (exact) mass is 433 g/mol. The Morgan fingerprint density at radius 1 is 0.935 bits per heavy atom. The van der Waals surface area contributed by atoms with Crippen LogP contribution in [0.4, 0.5) is 11.4 Å². The molecule has 31 heavy (non-hydrogen) atoms. The number of amides is 1. The molecule has 0 atom stereocenters. The second kappa shape index (κ2) is 9.35. The highest BCUT2D eigenvalue weighted by Gasteiger charge is 2.15. The highest BCUT2D eigenvalue weighted by Crippen LogP contribution is 2.25. The van der Waals surface area contributed by atoms with Crippen molar-refractivity contribution in [3.63, 3.8) is 0 Å².